The number of ether oxygens (including phenoxy) is 2. The van der Waals surface area contributed by atoms with Gasteiger partial charge in [-0.15, -0.1) is 10.2 Å². The largest absolute Gasteiger partial charge is 0.507 e. The van der Waals surface area contributed by atoms with Crippen LogP contribution < -0.4 is 14.4 Å². The third-order valence-corrected chi connectivity index (χ3v) is 6.82. The van der Waals surface area contributed by atoms with E-state index in [4.69, 9.17) is 9.47 Å². The van der Waals surface area contributed by atoms with Gasteiger partial charge in [0.05, 0.1) is 18.2 Å². The summed E-state index contributed by atoms with van der Waals surface area (Å²) in [4.78, 5) is 27.9. The first-order valence-electron chi connectivity index (χ1n) is 11.5. The Bertz CT molecular complexity index is 1350. The minimum atomic E-state index is -0.879. The molecule has 180 valence electrons. The molecule has 2 aliphatic heterocycles. The SMILES string of the molecule is CCCOc1cccc([C@@H]2C(=C(O)c3ccc4c(c3)C[C@@H](C)O4)C(=O)C(=O)N2c2nnc(C)s2)c1. The molecule has 1 amide bonds. The molecule has 5 rings (SSSR count). The molecule has 1 fully saturated rings. The molecule has 0 bridgehead atoms. The number of aliphatic hydroxyl groups excluding tert-OH is 1. The monoisotopic (exact) mass is 491 g/mol. The second-order valence-electron chi connectivity index (χ2n) is 8.65. The zero-order valence-corrected chi connectivity index (χ0v) is 20.5. The van der Waals surface area contributed by atoms with Gasteiger partial charge < -0.3 is 14.6 Å². The highest BCUT2D eigenvalue weighted by molar-refractivity contribution is 7.15. The fraction of sp³-hybridized carbons (Fsp3) is 0.308. The third-order valence-electron chi connectivity index (χ3n) is 5.98. The minimum absolute atomic E-state index is 0.00223. The molecule has 0 unspecified atom stereocenters. The number of carbonyl (C=O) groups excluding carboxylic acids is 2. The summed E-state index contributed by atoms with van der Waals surface area (Å²) in [5, 5.41) is 20.5. The lowest BCUT2D eigenvalue weighted by atomic mass is 9.94. The van der Waals surface area contributed by atoms with Crippen LogP contribution in [0.1, 0.15) is 48.0 Å². The quantitative estimate of drug-likeness (QED) is 0.306. The fourth-order valence-electron chi connectivity index (χ4n) is 4.45. The Balaban J connectivity index is 1.66. The van der Waals surface area contributed by atoms with Crippen molar-refractivity contribution in [1.82, 2.24) is 10.2 Å². The van der Waals surface area contributed by atoms with E-state index in [0.717, 1.165) is 17.7 Å². The summed E-state index contributed by atoms with van der Waals surface area (Å²) in [6.07, 6.45) is 1.59. The van der Waals surface area contributed by atoms with Crippen molar-refractivity contribution in [3.05, 3.63) is 69.7 Å². The number of carbonyl (C=O) groups is 2. The van der Waals surface area contributed by atoms with Gasteiger partial charge in [-0.25, -0.2) is 0 Å². The van der Waals surface area contributed by atoms with Crippen LogP contribution in [-0.2, 0) is 16.0 Å². The number of Topliss-reactive ketones (excluding diaryl/α,β-unsaturated/α-hetero) is 1. The molecule has 0 saturated carbocycles. The van der Waals surface area contributed by atoms with Crippen molar-refractivity contribution in [3.8, 4) is 11.5 Å². The standard InChI is InChI=1S/C26H25N3O5S/c1-4-10-33-19-7-5-6-16(13-19)22-21(24(31)25(32)29(22)26-28-27-15(3)35-26)23(30)17-8-9-20-18(12-17)11-14(2)34-20/h5-9,12-14,22,30H,4,10-11H2,1-3H3/t14-,22-/m1/s1. The summed E-state index contributed by atoms with van der Waals surface area (Å²) in [5.41, 5.74) is 2.03. The fourth-order valence-corrected chi connectivity index (χ4v) is 5.16. The average molecular weight is 492 g/mol. The van der Waals surface area contributed by atoms with E-state index in [0.29, 0.717) is 40.0 Å². The number of aryl methyl sites for hydroxylation is 1. The van der Waals surface area contributed by atoms with Gasteiger partial charge >= 0.3 is 5.91 Å². The van der Waals surface area contributed by atoms with Gasteiger partial charge in [-0.2, -0.15) is 0 Å². The summed E-state index contributed by atoms with van der Waals surface area (Å²) in [6, 6.07) is 11.6. The van der Waals surface area contributed by atoms with E-state index in [9.17, 15) is 14.7 Å². The number of hydrogen-bond acceptors (Lipinski definition) is 8. The molecular formula is C26H25N3O5S. The van der Waals surface area contributed by atoms with E-state index in [1.807, 2.05) is 32.0 Å². The van der Waals surface area contributed by atoms with Crippen LogP contribution in [0.3, 0.4) is 0 Å². The Labute approximate surface area is 206 Å². The lowest BCUT2D eigenvalue weighted by Gasteiger charge is -2.23. The number of aliphatic hydroxyl groups is 1. The van der Waals surface area contributed by atoms with Crippen molar-refractivity contribution in [3.63, 3.8) is 0 Å². The maximum Gasteiger partial charge on any atom is 0.301 e. The van der Waals surface area contributed by atoms with Crippen LogP contribution in [0, 0.1) is 6.92 Å². The van der Waals surface area contributed by atoms with Gasteiger partial charge in [0.15, 0.2) is 0 Å². The van der Waals surface area contributed by atoms with Crippen LogP contribution in [0.5, 0.6) is 11.5 Å². The lowest BCUT2D eigenvalue weighted by molar-refractivity contribution is -0.132. The van der Waals surface area contributed by atoms with Crippen LogP contribution in [-0.4, -0.2) is 39.7 Å². The van der Waals surface area contributed by atoms with Crippen molar-refractivity contribution in [2.24, 2.45) is 0 Å². The van der Waals surface area contributed by atoms with Gasteiger partial charge in [0.1, 0.15) is 28.4 Å². The van der Waals surface area contributed by atoms with E-state index in [2.05, 4.69) is 10.2 Å². The van der Waals surface area contributed by atoms with Crippen LogP contribution in [0.25, 0.3) is 5.76 Å². The van der Waals surface area contributed by atoms with E-state index in [1.54, 1.807) is 31.2 Å². The lowest BCUT2D eigenvalue weighted by Crippen LogP contribution is -2.29. The van der Waals surface area contributed by atoms with Gasteiger partial charge in [-0.3, -0.25) is 14.5 Å². The first-order chi connectivity index (χ1) is 16.9. The molecular weight excluding hydrogens is 466 g/mol. The predicted molar refractivity (Wildman–Crippen MR) is 132 cm³/mol. The van der Waals surface area contributed by atoms with Gasteiger partial charge in [0, 0.05) is 12.0 Å². The predicted octanol–water partition coefficient (Wildman–Crippen LogP) is 4.59. The van der Waals surface area contributed by atoms with Crippen LogP contribution in [0.4, 0.5) is 5.13 Å². The van der Waals surface area contributed by atoms with E-state index >= 15 is 0 Å². The Morgan fingerprint density at radius 3 is 2.80 bits per heavy atom. The Morgan fingerprint density at radius 2 is 2.06 bits per heavy atom. The molecule has 0 spiro atoms. The average Bonchev–Trinajstić information content (AvgIpc) is 3.51. The zero-order chi connectivity index (χ0) is 24.7. The number of rotatable bonds is 6. The highest BCUT2D eigenvalue weighted by atomic mass is 32.1. The summed E-state index contributed by atoms with van der Waals surface area (Å²) in [6.45, 7) is 6.30. The maximum absolute atomic E-state index is 13.3. The highest BCUT2D eigenvalue weighted by Crippen LogP contribution is 2.44. The minimum Gasteiger partial charge on any atom is -0.507 e. The van der Waals surface area contributed by atoms with Gasteiger partial charge in [0.2, 0.25) is 5.13 Å². The second-order valence-corrected chi connectivity index (χ2v) is 9.81. The number of fused-ring (bicyclic) bond motifs is 1. The van der Waals surface area contributed by atoms with Crippen molar-refractivity contribution < 1.29 is 24.2 Å². The summed E-state index contributed by atoms with van der Waals surface area (Å²) in [7, 11) is 0. The number of benzene rings is 2. The topological polar surface area (TPSA) is 102 Å². The molecule has 0 radical (unpaired) electrons. The molecule has 2 atom stereocenters. The Morgan fingerprint density at radius 1 is 1.23 bits per heavy atom. The number of ketones is 1. The number of aromatic nitrogens is 2. The number of anilines is 1. The van der Waals surface area contributed by atoms with Crippen molar-refractivity contribution >= 4 is 33.9 Å². The third kappa shape index (κ3) is 4.16. The maximum atomic E-state index is 13.3. The molecule has 9 heteroatoms. The molecule has 1 aromatic heterocycles. The molecule has 0 aliphatic carbocycles. The Kier molecular flexibility index (Phi) is 6.02. The van der Waals surface area contributed by atoms with Gasteiger partial charge in [-0.1, -0.05) is 30.4 Å². The summed E-state index contributed by atoms with van der Waals surface area (Å²) < 4.78 is 11.6. The highest BCUT2D eigenvalue weighted by Gasteiger charge is 2.48. The molecule has 8 nitrogen and oxygen atoms in total. The van der Waals surface area contributed by atoms with E-state index in [-0.39, 0.29) is 17.4 Å². The van der Waals surface area contributed by atoms with Crippen molar-refractivity contribution in [2.45, 2.75) is 45.8 Å². The molecule has 3 aromatic rings. The van der Waals surface area contributed by atoms with Crippen molar-refractivity contribution in [2.75, 3.05) is 11.5 Å². The van der Waals surface area contributed by atoms with Crippen LogP contribution in [0.2, 0.25) is 0 Å². The summed E-state index contributed by atoms with van der Waals surface area (Å²) >= 11 is 1.21. The van der Waals surface area contributed by atoms with Gasteiger partial charge in [0.25, 0.3) is 5.78 Å². The molecule has 35 heavy (non-hydrogen) atoms. The van der Waals surface area contributed by atoms with E-state index < -0.39 is 17.7 Å². The number of nitrogens with zero attached hydrogens (tertiary/aromatic N) is 3. The second kappa shape index (κ2) is 9.14. The first-order valence-corrected chi connectivity index (χ1v) is 12.3. The first kappa shape index (κ1) is 23.0. The van der Waals surface area contributed by atoms with E-state index in [1.165, 1.54) is 16.2 Å². The summed E-state index contributed by atoms with van der Waals surface area (Å²) in [5.74, 6) is -0.390. The molecule has 1 N–H and O–H groups in total. The molecule has 3 heterocycles. The van der Waals surface area contributed by atoms with Crippen molar-refractivity contribution in [1.29, 1.82) is 0 Å². The normalized spacial score (nSPS) is 20.7. The van der Waals surface area contributed by atoms with Crippen LogP contribution in [0.15, 0.2) is 48.0 Å². The zero-order valence-electron chi connectivity index (χ0n) is 19.6. The van der Waals surface area contributed by atoms with Gasteiger partial charge in [-0.05, 0) is 61.7 Å². The number of hydrogen-bond donors (Lipinski definition) is 1. The molecule has 2 aromatic carbocycles. The molecule has 2 aliphatic rings. The van der Waals surface area contributed by atoms with Crippen LogP contribution >= 0.6 is 11.3 Å². The molecule has 1 saturated heterocycles. The smallest absolute Gasteiger partial charge is 0.301 e. The Hall–Kier alpha value is -3.72. The number of amides is 1.